The Balaban J connectivity index is 0.000000195. The van der Waals surface area contributed by atoms with Gasteiger partial charge >= 0.3 is 6.43 Å². The Hall–Kier alpha value is -4.91. The van der Waals surface area contributed by atoms with E-state index in [1.165, 1.54) is 43.0 Å². The van der Waals surface area contributed by atoms with Crippen molar-refractivity contribution in [3.63, 3.8) is 0 Å². The summed E-state index contributed by atoms with van der Waals surface area (Å²) in [5, 5.41) is 1.85. The molecule has 2 aliphatic carbocycles. The highest BCUT2D eigenvalue weighted by Gasteiger charge is 2.40. The van der Waals surface area contributed by atoms with Crippen molar-refractivity contribution in [2.45, 2.75) is 68.6 Å². The molecule has 49 heavy (non-hydrogen) atoms. The molecular weight excluding hydrogens is 640 g/mol. The summed E-state index contributed by atoms with van der Waals surface area (Å²) in [6.45, 7) is -0.588. The monoisotopic (exact) mass is 676 g/mol. The Morgan fingerprint density at radius 1 is 0.714 bits per heavy atom. The van der Waals surface area contributed by atoms with E-state index in [4.69, 9.17) is 5.73 Å². The molecule has 3 N–H and O–H groups in total. The van der Waals surface area contributed by atoms with Crippen LogP contribution in [-0.4, -0.2) is 56.9 Å². The quantitative estimate of drug-likeness (QED) is 0.153. The third kappa shape index (κ3) is 8.58. The average Bonchev–Trinajstić information content (AvgIpc) is 3.07. The van der Waals surface area contributed by atoms with Gasteiger partial charge in [-0.2, -0.15) is 8.78 Å². The molecule has 0 atom stereocenters. The second-order valence-corrected chi connectivity index (χ2v) is 12.5. The number of halogens is 4. The number of rotatable bonds is 12. The van der Waals surface area contributed by atoms with Gasteiger partial charge in [0, 0.05) is 48.5 Å². The lowest BCUT2D eigenvalue weighted by Crippen LogP contribution is -2.37. The zero-order chi connectivity index (χ0) is 35.0. The predicted molar refractivity (Wildman–Crippen MR) is 172 cm³/mol. The number of amides is 1. The Kier molecular flexibility index (Phi) is 11.2. The summed E-state index contributed by atoms with van der Waals surface area (Å²) in [7, 11) is 0. The van der Waals surface area contributed by atoms with Gasteiger partial charge in [-0.3, -0.25) is 14.4 Å². The molecule has 13 heteroatoms. The molecule has 2 fully saturated rings. The number of aromatic nitrogens is 4. The molecule has 4 aromatic rings. The van der Waals surface area contributed by atoms with Crippen LogP contribution in [0.15, 0.2) is 73.3 Å². The number of nitrogens with one attached hydrogen (secondary N) is 1. The van der Waals surface area contributed by atoms with Gasteiger partial charge in [0.25, 0.3) is 5.91 Å². The standard InChI is InChI=1S/C19H18F3N3O2.C17H18FN3O/c20-14-4-1-3-13(7-14)19(5-2-6-19)8-16-23-9-12(10-24-16)15(26)11-25-18(27)17(21)22;18-14-4-1-3-13(7-14)17(5-2-6-17)8-16-20-10-12(11-21-16)15(22)9-19/h1,3-4,7,9-10,17H,2,5-6,8,11H2,(H,25,27);1,3-4,7,10-11H,2,5-6,8-9,19H2. The molecule has 2 saturated carbocycles. The number of nitrogens with zero attached hydrogens (tertiary/aromatic N) is 4. The van der Waals surface area contributed by atoms with E-state index in [0.29, 0.717) is 30.1 Å². The number of benzene rings is 2. The second-order valence-electron chi connectivity index (χ2n) is 12.5. The molecule has 2 aromatic carbocycles. The van der Waals surface area contributed by atoms with Crippen molar-refractivity contribution in [3.8, 4) is 0 Å². The predicted octanol–water partition coefficient (Wildman–Crippen LogP) is 5.27. The van der Waals surface area contributed by atoms with E-state index in [-0.39, 0.29) is 40.4 Å². The largest absolute Gasteiger partial charge is 0.344 e. The van der Waals surface area contributed by atoms with E-state index in [1.54, 1.807) is 18.2 Å². The zero-order valence-corrected chi connectivity index (χ0v) is 26.7. The van der Waals surface area contributed by atoms with Crippen molar-refractivity contribution in [2.24, 2.45) is 5.73 Å². The topological polar surface area (TPSA) is 141 Å². The molecular formula is C36H36F4N6O3. The van der Waals surface area contributed by atoms with Crippen molar-refractivity contribution >= 4 is 17.5 Å². The van der Waals surface area contributed by atoms with Gasteiger partial charge in [-0.15, -0.1) is 0 Å². The van der Waals surface area contributed by atoms with Crippen LogP contribution in [0, 0.1) is 11.6 Å². The van der Waals surface area contributed by atoms with E-state index in [2.05, 4.69) is 19.9 Å². The van der Waals surface area contributed by atoms with Crippen molar-refractivity contribution < 1.29 is 31.9 Å². The average molecular weight is 677 g/mol. The van der Waals surface area contributed by atoms with Crippen LogP contribution in [0.2, 0.25) is 0 Å². The van der Waals surface area contributed by atoms with Gasteiger partial charge in [0.15, 0.2) is 11.6 Å². The summed E-state index contributed by atoms with van der Waals surface area (Å²) in [5.41, 5.74) is 7.50. The van der Waals surface area contributed by atoms with E-state index in [9.17, 15) is 31.9 Å². The first-order valence-corrected chi connectivity index (χ1v) is 16.0. The van der Waals surface area contributed by atoms with Gasteiger partial charge in [-0.25, -0.2) is 28.7 Å². The third-order valence-corrected chi connectivity index (χ3v) is 9.35. The Labute approximate surface area is 280 Å². The summed E-state index contributed by atoms with van der Waals surface area (Å²) in [5.74, 6) is -1.53. The fourth-order valence-corrected chi connectivity index (χ4v) is 6.23. The summed E-state index contributed by atoms with van der Waals surface area (Å²) >= 11 is 0. The van der Waals surface area contributed by atoms with E-state index in [0.717, 1.165) is 49.7 Å². The minimum Gasteiger partial charge on any atom is -0.344 e. The summed E-state index contributed by atoms with van der Waals surface area (Å²) in [6.07, 6.45) is 9.67. The van der Waals surface area contributed by atoms with Crippen LogP contribution >= 0.6 is 0 Å². The maximum Gasteiger partial charge on any atom is 0.315 e. The number of nitrogens with two attached hydrogens (primary N) is 1. The van der Waals surface area contributed by atoms with Gasteiger partial charge in [0.2, 0.25) is 0 Å². The van der Waals surface area contributed by atoms with Gasteiger partial charge < -0.3 is 11.1 Å². The molecule has 2 aliphatic rings. The summed E-state index contributed by atoms with van der Waals surface area (Å²) in [6, 6.07) is 13.3. The maximum atomic E-state index is 13.6. The molecule has 256 valence electrons. The summed E-state index contributed by atoms with van der Waals surface area (Å²) in [4.78, 5) is 51.2. The van der Waals surface area contributed by atoms with Crippen LogP contribution in [0.4, 0.5) is 17.6 Å². The third-order valence-electron chi connectivity index (χ3n) is 9.35. The molecule has 0 spiro atoms. The van der Waals surface area contributed by atoms with Crippen LogP contribution in [0.1, 0.15) is 82.0 Å². The number of carbonyl (C=O) groups excluding carboxylic acids is 3. The van der Waals surface area contributed by atoms with E-state index >= 15 is 0 Å². The van der Waals surface area contributed by atoms with Crippen LogP contribution in [0.3, 0.4) is 0 Å². The fraction of sp³-hybridized carbons (Fsp3) is 0.361. The second kappa shape index (κ2) is 15.5. The van der Waals surface area contributed by atoms with Gasteiger partial charge in [0.1, 0.15) is 23.3 Å². The fourth-order valence-electron chi connectivity index (χ4n) is 6.23. The van der Waals surface area contributed by atoms with Crippen molar-refractivity contribution in [2.75, 3.05) is 13.1 Å². The molecule has 0 bridgehead atoms. The molecule has 2 aromatic heterocycles. The van der Waals surface area contributed by atoms with Gasteiger partial charge in [-0.05, 0) is 61.1 Å². The van der Waals surface area contributed by atoms with E-state index in [1.807, 2.05) is 17.4 Å². The van der Waals surface area contributed by atoms with Crippen molar-refractivity contribution in [3.05, 3.63) is 119 Å². The maximum absolute atomic E-state index is 13.6. The van der Waals surface area contributed by atoms with Crippen LogP contribution in [0.5, 0.6) is 0 Å². The molecule has 2 heterocycles. The number of Topliss-reactive ketones (excluding diaryl/α,β-unsaturated/α-hetero) is 2. The highest BCUT2D eigenvalue weighted by atomic mass is 19.3. The first kappa shape index (κ1) is 35.4. The molecule has 0 saturated heterocycles. The minimum absolute atomic E-state index is 0.0457. The highest BCUT2D eigenvalue weighted by molar-refractivity contribution is 5.99. The lowest BCUT2D eigenvalue weighted by Gasteiger charge is -2.42. The highest BCUT2D eigenvalue weighted by Crippen LogP contribution is 2.46. The Bertz CT molecular complexity index is 1780. The molecule has 0 unspecified atom stereocenters. The number of ketones is 2. The Morgan fingerprint density at radius 3 is 1.49 bits per heavy atom. The molecule has 9 nitrogen and oxygen atoms in total. The van der Waals surface area contributed by atoms with Crippen molar-refractivity contribution in [1.82, 2.24) is 25.3 Å². The number of alkyl halides is 2. The van der Waals surface area contributed by atoms with Gasteiger partial charge in [-0.1, -0.05) is 37.1 Å². The minimum atomic E-state index is -3.17. The smallest absolute Gasteiger partial charge is 0.315 e. The number of hydrogen-bond acceptors (Lipinski definition) is 8. The number of carbonyl (C=O) groups is 3. The van der Waals surface area contributed by atoms with E-state index < -0.39 is 24.7 Å². The normalized spacial score (nSPS) is 15.6. The molecule has 0 radical (unpaired) electrons. The molecule has 1 amide bonds. The van der Waals surface area contributed by atoms with Crippen LogP contribution < -0.4 is 11.1 Å². The molecule has 0 aliphatic heterocycles. The lowest BCUT2D eigenvalue weighted by atomic mass is 9.62. The van der Waals surface area contributed by atoms with Crippen LogP contribution in [0.25, 0.3) is 0 Å². The first-order chi connectivity index (χ1) is 23.5. The van der Waals surface area contributed by atoms with Crippen molar-refractivity contribution in [1.29, 1.82) is 0 Å². The van der Waals surface area contributed by atoms with Gasteiger partial charge in [0.05, 0.1) is 24.2 Å². The molecule has 6 rings (SSSR count). The SMILES string of the molecule is NCC(=O)c1cnc(CC2(c3cccc(F)c3)CCC2)nc1.O=C(CNC(=O)C(F)F)c1cnc(CC2(c3cccc(F)c3)CCC2)nc1. The van der Waals surface area contributed by atoms with Crippen LogP contribution in [-0.2, 0) is 28.5 Å². The first-order valence-electron chi connectivity index (χ1n) is 16.0. The Morgan fingerprint density at radius 2 is 1.14 bits per heavy atom. The zero-order valence-electron chi connectivity index (χ0n) is 26.7. The summed E-state index contributed by atoms with van der Waals surface area (Å²) < 4.78 is 51.3. The lowest BCUT2D eigenvalue weighted by molar-refractivity contribution is -0.131. The number of hydrogen-bond donors (Lipinski definition) is 2.